The number of fused-ring (bicyclic) bond motifs is 1. The molecule has 2 atom stereocenters. The molecule has 0 N–H and O–H groups in total. The van der Waals surface area contributed by atoms with Gasteiger partial charge in [-0.3, -0.25) is 9.59 Å². The zero-order valence-corrected chi connectivity index (χ0v) is 19.9. The van der Waals surface area contributed by atoms with Crippen LogP contribution in [0.1, 0.15) is 50.7 Å². The van der Waals surface area contributed by atoms with Crippen LogP contribution in [-0.4, -0.2) is 62.3 Å². The van der Waals surface area contributed by atoms with E-state index >= 15 is 0 Å². The predicted molar refractivity (Wildman–Crippen MR) is 120 cm³/mol. The van der Waals surface area contributed by atoms with Crippen LogP contribution in [0.2, 0.25) is 0 Å². The number of benzene rings is 1. The maximum Gasteiger partial charge on any atom is 0.309 e. The third kappa shape index (κ3) is 5.01. The Hall–Kier alpha value is -1.93. The summed E-state index contributed by atoms with van der Waals surface area (Å²) >= 11 is 0. The minimum atomic E-state index is -3.56. The maximum absolute atomic E-state index is 13.1. The molecule has 4 rings (SSSR count). The molecule has 0 spiro atoms. The van der Waals surface area contributed by atoms with Crippen molar-refractivity contribution >= 4 is 21.9 Å². The minimum absolute atomic E-state index is 0.145. The average molecular weight is 463 g/mol. The topological polar surface area (TPSA) is 84.0 Å². The van der Waals surface area contributed by atoms with Crippen molar-refractivity contribution in [3.05, 3.63) is 29.3 Å². The highest BCUT2D eigenvalue weighted by Gasteiger charge is 2.34. The highest BCUT2D eigenvalue weighted by molar-refractivity contribution is 7.89. The third-order valence-electron chi connectivity index (χ3n) is 7.05. The van der Waals surface area contributed by atoms with Crippen LogP contribution in [-0.2, 0) is 37.2 Å². The Morgan fingerprint density at radius 2 is 1.69 bits per heavy atom. The Morgan fingerprint density at radius 1 is 1.03 bits per heavy atom. The molecule has 0 saturated carbocycles. The summed E-state index contributed by atoms with van der Waals surface area (Å²) < 4.78 is 32.9. The summed E-state index contributed by atoms with van der Waals surface area (Å²) in [5.41, 5.74) is 2.38. The summed E-state index contributed by atoms with van der Waals surface area (Å²) in [5.74, 6) is -0.00131. The van der Waals surface area contributed by atoms with Crippen LogP contribution in [0.25, 0.3) is 0 Å². The van der Waals surface area contributed by atoms with Crippen LogP contribution in [0.4, 0.5) is 0 Å². The number of esters is 1. The quantitative estimate of drug-likeness (QED) is 0.628. The van der Waals surface area contributed by atoms with Gasteiger partial charge in [-0.1, -0.05) is 19.9 Å². The molecule has 8 heteroatoms. The van der Waals surface area contributed by atoms with Crippen molar-refractivity contribution < 1.29 is 22.7 Å². The molecule has 0 aromatic heterocycles. The Bertz CT molecular complexity index is 959. The number of likely N-dealkylation sites (tertiary alicyclic amines) is 1. The standard InChI is InChI=1S/C24H34N2O5S/c1-17-12-18(2)15-25(14-17)23(27)16-31-24(28)20-8-10-26(11-9-20)32(29,30)22-7-6-19-4-3-5-21(19)13-22/h6-7,13,17-18,20H,3-5,8-12,14-16H2,1-2H3. The summed E-state index contributed by atoms with van der Waals surface area (Å²) in [6.45, 7) is 6.02. The van der Waals surface area contributed by atoms with Gasteiger partial charge >= 0.3 is 5.97 Å². The van der Waals surface area contributed by atoms with Gasteiger partial charge in [0.2, 0.25) is 10.0 Å². The molecule has 0 radical (unpaired) electrons. The zero-order valence-electron chi connectivity index (χ0n) is 19.1. The zero-order chi connectivity index (χ0) is 22.9. The van der Waals surface area contributed by atoms with Gasteiger partial charge in [-0.05, 0) is 73.6 Å². The first-order chi connectivity index (χ1) is 15.2. The van der Waals surface area contributed by atoms with E-state index in [-0.39, 0.29) is 31.5 Å². The smallest absolute Gasteiger partial charge is 0.309 e. The largest absolute Gasteiger partial charge is 0.455 e. The number of aryl methyl sites for hydroxylation is 2. The number of carbonyl (C=O) groups is 2. The van der Waals surface area contributed by atoms with Gasteiger partial charge in [0.15, 0.2) is 6.61 Å². The molecule has 2 heterocycles. The third-order valence-corrected chi connectivity index (χ3v) is 8.95. The lowest BCUT2D eigenvalue weighted by molar-refractivity contribution is -0.157. The molecule has 1 aromatic rings. The molecule has 1 aliphatic carbocycles. The molecule has 2 fully saturated rings. The molecule has 1 aromatic carbocycles. The van der Waals surface area contributed by atoms with E-state index in [2.05, 4.69) is 13.8 Å². The highest BCUT2D eigenvalue weighted by atomic mass is 32.2. The van der Waals surface area contributed by atoms with Gasteiger partial charge in [0.1, 0.15) is 0 Å². The van der Waals surface area contributed by atoms with E-state index < -0.39 is 16.0 Å². The normalized spacial score (nSPS) is 24.9. The lowest BCUT2D eigenvalue weighted by Gasteiger charge is -2.35. The summed E-state index contributed by atoms with van der Waals surface area (Å²) in [4.78, 5) is 27.1. The van der Waals surface area contributed by atoms with Gasteiger partial charge in [-0.15, -0.1) is 0 Å². The number of hydrogen-bond acceptors (Lipinski definition) is 5. The van der Waals surface area contributed by atoms with Crippen LogP contribution < -0.4 is 0 Å². The fraction of sp³-hybridized carbons (Fsp3) is 0.667. The Balaban J connectivity index is 1.27. The van der Waals surface area contributed by atoms with Crippen molar-refractivity contribution in [1.82, 2.24) is 9.21 Å². The number of nitrogens with zero attached hydrogens (tertiary/aromatic N) is 2. The van der Waals surface area contributed by atoms with E-state index in [4.69, 9.17) is 4.74 Å². The van der Waals surface area contributed by atoms with Gasteiger partial charge < -0.3 is 9.64 Å². The molecule has 3 aliphatic rings. The molecule has 0 bridgehead atoms. The highest BCUT2D eigenvalue weighted by Crippen LogP contribution is 2.29. The number of piperidine rings is 2. The van der Waals surface area contributed by atoms with Gasteiger partial charge in [-0.2, -0.15) is 4.31 Å². The summed E-state index contributed by atoms with van der Waals surface area (Å²) in [6.07, 6.45) is 4.95. The SMILES string of the molecule is CC1CC(C)CN(C(=O)COC(=O)C2CCN(S(=O)(=O)c3ccc4c(c3)CCC4)CC2)C1. The van der Waals surface area contributed by atoms with E-state index in [1.54, 1.807) is 11.0 Å². The van der Waals surface area contributed by atoms with E-state index in [9.17, 15) is 18.0 Å². The first kappa shape index (κ1) is 23.2. The minimum Gasteiger partial charge on any atom is -0.455 e. The molecule has 2 unspecified atom stereocenters. The second-order valence-electron chi connectivity index (χ2n) is 9.81. The Labute approximate surface area is 191 Å². The first-order valence-corrected chi connectivity index (χ1v) is 13.2. The number of rotatable bonds is 5. The fourth-order valence-corrected chi connectivity index (χ4v) is 6.92. The van der Waals surface area contributed by atoms with E-state index in [0.29, 0.717) is 42.7 Å². The number of ether oxygens (including phenoxy) is 1. The van der Waals surface area contributed by atoms with Gasteiger partial charge in [-0.25, -0.2) is 8.42 Å². The van der Waals surface area contributed by atoms with Gasteiger partial charge in [0.05, 0.1) is 10.8 Å². The number of amides is 1. The molecule has 7 nitrogen and oxygen atoms in total. The van der Waals surface area contributed by atoms with Crippen LogP contribution in [0.3, 0.4) is 0 Å². The summed E-state index contributed by atoms with van der Waals surface area (Å²) in [5, 5.41) is 0. The second-order valence-corrected chi connectivity index (χ2v) is 11.8. The van der Waals surface area contributed by atoms with Gasteiger partial charge in [0.25, 0.3) is 5.91 Å². The predicted octanol–water partition coefficient (Wildman–Crippen LogP) is 2.62. The van der Waals surface area contributed by atoms with E-state index in [1.807, 2.05) is 12.1 Å². The fourth-order valence-electron chi connectivity index (χ4n) is 5.40. The molecule has 1 amide bonds. The lowest BCUT2D eigenvalue weighted by Crippen LogP contribution is -2.45. The maximum atomic E-state index is 13.1. The van der Waals surface area contributed by atoms with Crippen LogP contribution in [0.5, 0.6) is 0 Å². The average Bonchev–Trinajstić information content (AvgIpc) is 3.24. The van der Waals surface area contributed by atoms with Crippen molar-refractivity contribution in [1.29, 1.82) is 0 Å². The molecule has 2 aliphatic heterocycles. The lowest BCUT2D eigenvalue weighted by atomic mass is 9.92. The molecule has 2 saturated heterocycles. The van der Waals surface area contributed by atoms with Crippen LogP contribution in [0, 0.1) is 17.8 Å². The van der Waals surface area contributed by atoms with Crippen LogP contribution in [0.15, 0.2) is 23.1 Å². The van der Waals surface area contributed by atoms with E-state index in [0.717, 1.165) is 31.2 Å². The molecular formula is C24H34N2O5S. The first-order valence-electron chi connectivity index (χ1n) is 11.8. The van der Waals surface area contributed by atoms with Crippen molar-refractivity contribution in [2.75, 3.05) is 32.8 Å². The number of sulfonamides is 1. The second kappa shape index (κ2) is 9.51. The van der Waals surface area contributed by atoms with Crippen molar-refractivity contribution in [2.24, 2.45) is 17.8 Å². The molecule has 176 valence electrons. The monoisotopic (exact) mass is 462 g/mol. The van der Waals surface area contributed by atoms with Gasteiger partial charge in [0, 0.05) is 26.2 Å². The molecular weight excluding hydrogens is 428 g/mol. The Morgan fingerprint density at radius 3 is 2.38 bits per heavy atom. The number of carbonyl (C=O) groups excluding carboxylic acids is 2. The Kier molecular flexibility index (Phi) is 6.91. The summed E-state index contributed by atoms with van der Waals surface area (Å²) in [6, 6.07) is 5.44. The molecule has 32 heavy (non-hydrogen) atoms. The van der Waals surface area contributed by atoms with Crippen molar-refractivity contribution in [2.45, 2.75) is 57.3 Å². The number of hydrogen-bond donors (Lipinski definition) is 0. The van der Waals surface area contributed by atoms with E-state index in [1.165, 1.54) is 9.87 Å². The van der Waals surface area contributed by atoms with Crippen LogP contribution >= 0.6 is 0 Å². The van der Waals surface area contributed by atoms with Crippen molar-refractivity contribution in [3.63, 3.8) is 0 Å². The van der Waals surface area contributed by atoms with Crippen molar-refractivity contribution in [3.8, 4) is 0 Å². The summed E-state index contributed by atoms with van der Waals surface area (Å²) in [7, 11) is -3.56.